The average molecular weight is 198 g/mol. The molecule has 0 saturated carbocycles. The van der Waals surface area contributed by atoms with Crippen LogP contribution < -0.4 is 5.32 Å². The first-order valence-corrected chi connectivity index (χ1v) is 4.04. The molecule has 1 amide bonds. The van der Waals surface area contributed by atoms with E-state index in [1.807, 2.05) is 0 Å². The normalized spacial score (nSPS) is 9.71. The molecular weight excluding hydrogens is 188 g/mol. The van der Waals surface area contributed by atoms with Crippen molar-refractivity contribution < 1.29 is 19.1 Å². The maximum Gasteiger partial charge on any atom is 0.305 e. The van der Waals surface area contributed by atoms with Crippen LogP contribution in [0.15, 0.2) is 17.1 Å². The van der Waals surface area contributed by atoms with E-state index in [2.05, 4.69) is 14.7 Å². The zero-order valence-corrected chi connectivity index (χ0v) is 7.40. The van der Waals surface area contributed by atoms with E-state index in [4.69, 9.17) is 5.11 Å². The molecule has 0 aliphatic carbocycles. The number of oxazole rings is 1. The van der Waals surface area contributed by atoms with Crippen molar-refractivity contribution in [3.63, 3.8) is 0 Å². The number of aromatic nitrogens is 1. The number of carbonyl (C=O) groups is 2. The molecule has 0 aliphatic rings. The second-order valence-corrected chi connectivity index (χ2v) is 2.65. The molecule has 0 bridgehead atoms. The first-order chi connectivity index (χ1) is 6.68. The monoisotopic (exact) mass is 198 g/mol. The molecule has 0 spiro atoms. The third-order valence-corrected chi connectivity index (χ3v) is 1.49. The lowest BCUT2D eigenvalue weighted by Crippen LogP contribution is -2.27. The Kier molecular flexibility index (Phi) is 3.66. The lowest BCUT2D eigenvalue weighted by atomic mass is 10.3. The van der Waals surface area contributed by atoms with Gasteiger partial charge < -0.3 is 14.8 Å². The smallest absolute Gasteiger partial charge is 0.305 e. The van der Waals surface area contributed by atoms with Gasteiger partial charge >= 0.3 is 5.97 Å². The minimum absolute atomic E-state index is 0.0788. The van der Waals surface area contributed by atoms with Gasteiger partial charge in [-0.25, -0.2) is 4.98 Å². The van der Waals surface area contributed by atoms with Crippen molar-refractivity contribution in [2.75, 3.05) is 6.54 Å². The Morgan fingerprint density at radius 2 is 2.36 bits per heavy atom. The van der Waals surface area contributed by atoms with Gasteiger partial charge in [0.2, 0.25) is 5.91 Å². The topological polar surface area (TPSA) is 92.4 Å². The number of nitrogens with one attached hydrogen (secondary N) is 1. The second kappa shape index (κ2) is 5.00. The van der Waals surface area contributed by atoms with Crippen LogP contribution in [0.25, 0.3) is 0 Å². The van der Waals surface area contributed by atoms with E-state index >= 15 is 0 Å². The van der Waals surface area contributed by atoms with Crippen molar-refractivity contribution in [2.45, 2.75) is 12.8 Å². The summed E-state index contributed by atoms with van der Waals surface area (Å²) in [5.41, 5.74) is 0.526. The van der Waals surface area contributed by atoms with E-state index in [9.17, 15) is 9.59 Å². The minimum atomic E-state index is -0.938. The molecule has 1 aromatic rings. The van der Waals surface area contributed by atoms with Gasteiger partial charge in [0.1, 0.15) is 6.26 Å². The van der Waals surface area contributed by atoms with Gasteiger partial charge in [0, 0.05) is 6.54 Å². The highest BCUT2D eigenvalue weighted by molar-refractivity contribution is 5.78. The molecule has 0 fully saturated rings. The van der Waals surface area contributed by atoms with Crippen molar-refractivity contribution in [3.8, 4) is 0 Å². The maximum atomic E-state index is 11.1. The fourth-order valence-electron chi connectivity index (χ4n) is 0.861. The Morgan fingerprint density at radius 3 is 2.93 bits per heavy atom. The summed E-state index contributed by atoms with van der Waals surface area (Å²) in [7, 11) is 0. The van der Waals surface area contributed by atoms with E-state index in [1.54, 1.807) is 0 Å². The van der Waals surface area contributed by atoms with E-state index in [-0.39, 0.29) is 25.3 Å². The summed E-state index contributed by atoms with van der Waals surface area (Å²) in [6.45, 7) is 0.131. The van der Waals surface area contributed by atoms with Crippen LogP contribution in [-0.2, 0) is 16.0 Å². The quantitative estimate of drug-likeness (QED) is 0.683. The molecule has 1 aromatic heterocycles. The fourth-order valence-corrected chi connectivity index (χ4v) is 0.861. The van der Waals surface area contributed by atoms with Gasteiger partial charge in [-0.1, -0.05) is 0 Å². The van der Waals surface area contributed by atoms with Crippen LogP contribution in [0.3, 0.4) is 0 Å². The number of rotatable bonds is 5. The summed E-state index contributed by atoms with van der Waals surface area (Å²) < 4.78 is 4.67. The number of aliphatic carboxylic acids is 1. The van der Waals surface area contributed by atoms with Gasteiger partial charge in [-0.15, -0.1) is 0 Å². The van der Waals surface area contributed by atoms with Crippen molar-refractivity contribution in [1.82, 2.24) is 10.3 Å². The van der Waals surface area contributed by atoms with E-state index in [0.29, 0.717) is 5.69 Å². The largest absolute Gasteiger partial charge is 0.481 e. The van der Waals surface area contributed by atoms with Crippen molar-refractivity contribution >= 4 is 11.9 Å². The van der Waals surface area contributed by atoms with Crippen molar-refractivity contribution in [2.24, 2.45) is 0 Å². The fraction of sp³-hybridized carbons (Fsp3) is 0.375. The molecule has 0 aromatic carbocycles. The second-order valence-electron chi connectivity index (χ2n) is 2.65. The summed E-state index contributed by atoms with van der Waals surface area (Å²) in [4.78, 5) is 25.0. The first kappa shape index (κ1) is 10.2. The van der Waals surface area contributed by atoms with Crippen molar-refractivity contribution in [3.05, 3.63) is 18.4 Å². The number of nitrogens with zero attached hydrogens (tertiary/aromatic N) is 1. The van der Waals surface area contributed by atoms with Crippen LogP contribution in [-0.4, -0.2) is 28.5 Å². The molecule has 76 valence electrons. The number of carbonyl (C=O) groups excluding carboxylic acids is 1. The summed E-state index contributed by atoms with van der Waals surface area (Å²) >= 11 is 0. The Hall–Kier alpha value is -1.85. The average Bonchev–Trinajstić information content (AvgIpc) is 2.56. The summed E-state index contributed by atoms with van der Waals surface area (Å²) in [6, 6.07) is 0. The highest BCUT2D eigenvalue weighted by Gasteiger charge is 2.05. The first-order valence-electron chi connectivity index (χ1n) is 4.04. The van der Waals surface area contributed by atoms with Gasteiger partial charge in [-0.05, 0) is 0 Å². The standard InChI is InChI=1S/C8H10N2O4/c11-7(9-2-1-8(12)13)3-6-4-14-5-10-6/h4-5H,1-3H2,(H,9,11)(H,12,13). The van der Waals surface area contributed by atoms with Crippen LogP contribution in [0.1, 0.15) is 12.1 Å². The minimum Gasteiger partial charge on any atom is -0.481 e. The van der Waals surface area contributed by atoms with E-state index < -0.39 is 5.97 Å². The molecule has 1 rings (SSSR count). The summed E-state index contributed by atoms with van der Waals surface area (Å²) in [6.07, 6.45) is 2.64. The van der Waals surface area contributed by atoms with E-state index in [0.717, 1.165) is 0 Å². The SMILES string of the molecule is O=C(O)CCNC(=O)Cc1cocn1. The molecule has 6 nitrogen and oxygen atoms in total. The number of hydrogen-bond acceptors (Lipinski definition) is 4. The zero-order chi connectivity index (χ0) is 10.4. The lowest BCUT2D eigenvalue weighted by Gasteiger charge is -2.00. The molecule has 0 aliphatic heterocycles. The predicted molar refractivity (Wildman–Crippen MR) is 45.5 cm³/mol. The Labute approximate surface area is 79.9 Å². The third-order valence-electron chi connectivity index (χ3n) is 1.49. The van der Waals surface area contributed by atoms with Gasteiger partial charge in [-0.2, -0.15) is 0 Å². The number of carboxylic acid groups (broad SMARTS) is 1. The molecule has 0 saturated heterocycles. The van der Waals surface area contributed by atoms with Crippen LogP contribution in [0.4, 0.5) is 0 Å². The maximum absolute atomic E-state index is 11.1. The molecule has 0 atom stereocenters. The molecule has 1 heterocycles. The van der Waals surface area contributed by atoms with Gasteiger partial charge in [0.05, 0.1) is 18.5 Å². The molecule has 14 heavy (non-hydrogen) atoms. The highest BCUT2D eigenvalue weighted by atomic mass is 16.4. The molecular formula is C8H10N2O4. The summed E-state index contributed by atoms with van der Waals surface area (Å²) in [5, 5.41) is 10.8. The predicted octanol–water partition coefficient (Wildman–Crippen LogP) is -0.192. The van der Waals surface area contributed by atoms with Crippen molar-refractivity contribution in [1.29, 1.82) is 0 Å². The molecule has 6 heteroatoms. The van der Waals surface area contributed by atoms with Gasteiger partial charge in [0.25, 0.3) is 0 Å². The van der Waals surface area contributed by atoms with Crippen LogP contribution >= 0.6 is 0 Å². The van der Waals surface area contributed by atoms with Crippen LogP contribution in [0.5, 0.6) is 0 Å². The number of hydrogen-bond donors (Lipinski definition) is 2. The molecule has 2 N–H and O–H groups in total. The Morgan fingerprint density at radius 1 is 1.57 bits per heavy atom. The van der Waals surface area contributed by atoms with Crippen LogP contribution in [0, 0.1) is 0 Å². The van der Waals surface area contributed by atoms with Gasteiger partial charge in [-0.3, -0.25) is 9.59 Å². The zero-order valence-electron chi connectivity index (χ0n) is 7.40. The van der Waals surface area contributed by atoms with Crippen LogP contribution in [0.2, 0.25) is 0 Å². The van der Waals surface area contributed by atoms with Gasteiger partial charge in [0.15, 0.2) is 6.39 Å². The van der Waals surface area contributed by atoms with E-state index in [1.165, 1.54) is 12.7 Å². The Bertz CT molecular complexity index is 307. The third kappa shape index (κ3) is 3.70. The number of carboxylic acids is 1. The lowest BCUT2D eigenvalue weighted by molar-refractivity contribution is -0.136. The highest BCUT2D eigenvalue weighted by Crippen LogP contribution is 1.94. The summed E-state index contributed by atoms with van der Waals surface area (Å²) in [5.74, 6) is -1.20. The molecule has 0 radical (unpaired) electrons. The number of amides is 1. The Balaban J connectivity index is 2.20. The molecule has 0 unspecified atom stereocenters.